The molecule has 6 amide bonds. The van der Waals surface area contributed by atoms with Crippen LogP contribution in [0.3, 0.4) is 0 Å². The van der Waals surface area contributed by atoms with Crippen molar-refractivity contribution in [3.8, 4) is 0 Å². The number of carboxylic acids is 1. The summed E-state index contributed by atoms with van der Waals surface area (Å²) in [6, 6.07) is -2.02. The number of primary amides is 1. The van der Waals surface area contributed by atoms with Crippen molar-refractivity contribution in [2.45, 2.75) is 78.4 Å². The highest BCUT2D eigenvalue weighted by Gasteiger charge is 2.26. The fraction of sp³-hybridized carbons (Fsp3) is 0.720. The monoisotopic (exact) mass is 571 g/mol. The van der Waals surface area contributed by atoms with Gasteiger partial charge in [-0.1, -0.05) is 20.8 Å². The first-order valence-electron chi connectivity index (χ1n) is 13.3. The van der Waals surface area contributed by atoms with Crippen LogP contribution in [0.5, 0.6) is 0 Å². The van der Waals surface area contributed by atoms with E-state index in [1.54, 1.807) is 13.8 Å². The molecule has 1 fully saturated rings. The normalized spacial score (nSPS) is 14.8. The summed E-state index contributed by atoms with van der Waals surface area (Å²) < 4.78 is 0. The molecule has 1 rings (SSSR count). The molecule has 8 N–H and O–H groups in total. The largest absolute Gasteiger partial charge is 0.480 e. The number of hydrogen-bond donors (Lipinski definition) is 7. The summed E-state index contributed by atoms with van der Waals surface area (Å²) in [7, 11) is 0. The summed E-state index contributed by atoms with van der Waals surface area (Å²) in [4.78, 5) is 84.3. The van der Waals surface area contributed by atoms with E-state index < -0.39 is 67.2 Å². The van der Waals surface area contributed by atoms with E-state index in [1.807, 2.05) is 0 Å². The predicted molar refractivity (Wildman–Crippen MR) is 145 cm³/mol. The van der Waals surface area contributed by atoms with E-state index in [-0.39, 0.29) is 31.3 Å². The van der Waals surface area contributed by atoms with E-state index in [2.05, 4.69) is 47.4 Å². The Bertz CT molecular complexity index is 886. The summed E-state index contributed by atoms with van der Waals surface area (Å²) in [5, 5.41) is 21.0. The number of aliphatic carboxylic acids is 1. The van der Waals surface area contributed by atoms with Crippen molar-refractivity contribution in [1.29, 1.82) is 0 Å². The maximum atomic E-state index is 12.6. The van der Waals surface area contributed by atoms with Crippen LogP contribution in [-0.2, 0) is 33.6 Å². The lowest BCUT2D eigenvalue weighted by atomic mass is 10.1. The highest BCUT2D eigenvalue weighted by molar-refractivity contribution is 5.93. The molecule has 15 heteroatoms. The van der Waals surface area contributed by atoms with Gasteiger partial charge in [-0.15, -0.1) is 0 Å². The molecule has 40 heavy (non-hydrogen) atoms. The lowest BCUT2D eigenvalue weighted by Crippen LogP contribution is -2.53. The van der Waals surface area contributed by atoms with Gasteiger partial charge in [0, 0.05) is 12.5 Å². The van der Waals surface area contributed by atoms with E-state index in [1.165, 1.54) is 0 Å². The van der Waals surface area contributed by atoms with E-state index in [4.69, 9.17) is 10.8 Å². The third kappa shape index (κ3) is 17.0. The summed E-state index contributed by atoms with van der Waals surface area (Å²) in [6.45, 7) is 8.55. The molecule has 228 valence electrons. The van der Waals surface area contributed by atoms with Crippen LogP contribution >= 0.6 is 0 Å². The highest BCUT2D eigenvalue weighted by atomic mass is 16.4. The van der Waals surface area contributed by atoms with Gasteiger partial charge in [0.05, 0.1) is 25.7 Å². The van der Waals surface area contributed by atoms with Crippen LogP contribution in [0.2, 0.25) is 0 Å². The van der Waals surface area contributed by atoms with Gasteiger partial charge < -0.3 is 42.3 Å². The lowest BCUT2D eigenvalue weighted by Gasteiger charge is -2.26. The average molecular weight is 572 g/mol. The van der Waals surface area contributed by atoms with Gasteiger partial charge in [-0.2, -0.15) is 0 Å². The maximum Gasteiger partial charge on any atom is 0.322 e. The van der Waals surface area contributed by atoms with Gasteiger partial charge >= 0.3 is 5.97 Å². The molecule has 0 spiro atoms. The molecular weight excluding hydrogens is 526 g/mol. The smallest absolute Gasteiger partial charge is 0.322 e. The Labute approximate surface area is 234 Å². The van der Waals surface area contributed by atoms with Crippen LogP contribution in [0.15, 0.2) is 0 Å². The molecule has 15 nitrogen and oxygen atoms in total. The topological polar surface area (TPSA) is 229 Å². The number of hydrogen-bond acceptors (Lipinski definition) is 8. The summed E-state index contributed by atoms with van der Waals surface area (Å²) in [5.74, 6) is -4.19. The molecule has 0 aromatic heterocycles. The number of carboxylic acid groups (broad SMARTS) is 1. The second-order valence-electron chi connectivity index (χ2n) is 10.2. The molecule has 0 bridgehead atoms. The second-order valence-corrected chi connectivity index (χ2v) is 10.2. The van der Waals surface area contributed by atoms with Crippen molar-refractivity contribution in [3.63, 3.8) is 0 Å². The molecule has 2 atom stereocenters. The Balaban J connectivity index is 0.00000354. The first kappa shape index (κ1) is 36.2. The van der Waals surface area contributed by atoms with Gasteiger partial charge in [-0.05, 0) is 45.6 Å². The lowest BCUT2D eigenvalue weighted by molar-refractivity contribution is -0.140. The first-order chi connectivity index (χ1) is 18.6. The SMILES string of the molecule is CC(C)C.CC(C)N(CC(=O)NCC(=O)O)C(=O)CNC(=O)C(CCC(N)=O)NC(=O)CNC(=O)C1CCCN1. The predicted octanol–water partition coefficient (Wildman–Crippen LogP) is -2.18. The van der Waals surface area contributed by atoms with Crippen LogP contribution in [0.25, 0.3) is 0 Å². The standard InChI is InChI=1S/C21H35N7O8.C4H10/c1-12(2)28(11-17(31)24-10-19(33)34)18(32)9-26-21(36)14(5-6-15(22)29)27-16(30)8-25-20(35)13-4-3-7-23-13;1-4(2)3/h12-14,23H,3-11H2,1-2H3,(H2,22,29)(H,24,31)(H,25,35)(H,26,36)(H,27,30)(H,33,34);4H,1-3H3. The Morgan fingerprint density at radius 1 is 0.925 bits per heavy atom. The van der Waals surface area contributed by atoms with Crippen molar-refractivity contribution >= 4 is 41.4 Å². The minimum absolute atomic E-state index is 0.134. The van der Waals surface area contributed by atoms with Gasteiger partial charge in [-0.3, -0.25) is 33.6 Å². The quantitative estimate of drug-likeness (QED) is 0.113. The first-order valence-corrected chi connectivity index (χ1v) is 13.3. The van der Waals surface area contributed by atoms with Gasteiger partial charge in [0.25, 0.3) is 0 Å². The maximum absolute atomic E-state index is 12.6. The van der Waals surface area contributed by atoms with E-state index in [0.29, 0.717) is 13.0 Å². The number of nitrogens with one attached hydrogen (secondary N) is 5. The molecule has 0 aromatic carbocycles. The third-order valence-corrected chi connectivity index (χ3v) is 5.24. The number of amides is 6. The molecule has 2 unspecified atom stereocenters. The van der Waals surface area contributed by atoms with Crippen LogP contribution in [0, 0.1) is 5.92 Å². The van der Waals surface area contributed by atoms with E-state index in [9.17, 15) is 33.6 Å². The molecular formula is C25H45N7O8. The van der Waals surface area contributed by atoms with Gasteiger partial charge in [0.1, 0.15) is 12.6 Å². The minimum atomic E-state index is -1.24. The van der Waals surface area contributed by atoms with Crippen LogP contribution in [0.1, 0.15) is 60.3 Å². The fourth-order valence-corrected chi connectivity index (χ4v) is 3.33. The van der Waals surface area contributed by atoms with Crippen molar-refractivity contribution in [3.05, 3.63) is 0 Å². The van der Waals surface area contributed by atoms with Crippen LogP contribution in [-0.4, -0.2) is 102 Å². The Morgan fingerprint density at radius 2 is 1.55 bits per heavy atom. The molecule has 1 saturated heterocycles. The minimum Gasteiger partial charge on any atom is -0.480 e. The summed E-state index contributed by atoms with van der Waals surface area (Å²) >= 11 is 0. The number of nitrogens with two attached hydrogens (primary N) is 1. The molecule has 0 radical (unpaired) electrons. The molecule has 1 aliphatic rings. The van der Waals surface area contributed by atoms with Crippen LogP contribution in [0.4, 0.5) is 0 Å². The van der Waals surface area contributed by atoms with Crippen molar-refractivity contribution in [2.24, 2.45) is 11.7 Å². The fourth-order valence-electron chi connectivity index (χ4n) is 3.33. The summed E-state index contributed by atoms with van der Waals surface area (Å²) in [6.07, 6.45) is 1.15. The molecule has 0 aliphatic carbocycles. The molecule has 0 aromatic rings. The summed E-state index contributed by atoms with van der Waals surface area (Å²) in [5.41, 5.74) is 5.14. The Hall–Kier alpha value is -3.75. The van der Waals surface area contributed by atoms with Crippen LogP contribution < -0.4 is 32.3 Å². The molecule has 1 aliphatic heterocycles. The average Bonchev–Trinajstić information content (AvgIpc) is 3.40. The Kier molecular flexibility index (Phi) is 17.5. The Morgan fingerprint density at radius 3 is 2.05 bits per heavy atom. The van der Waals surface area contributed by atoms with Gasteiger partial charge in [0.2, 0.25) is 35.4 Å². The highest BCUT2D eigenvalue weighted by Crippen LogP contribution is 2.04. The second kappa shape index (κ2) is 19.3. The number of carbonyl (C=O) groups excluding carboxylic acids is 6. The number of nitrogens with zero attached hydrogens (tertiary/aromatic N) is 1. The van der Waals surface area contributed by atoms with Crippen molar-refractivity contribution in [2.75, 3.05) is 32.7 Å². The van der Waals surface area contributed by atoms with E-state index in [0.717, 1.165) is 17.2 Å². The van der Waals surface area contributed by atoms with Gasteiger partial charge in [0.15, 0.2) is 0 Å². The number of rotatable bonds is 15. The number of carbonyl (C=O) groups is 7. The van der Waals surface area contributed by atoms with Crippen molar-refractivity contribution in [1.82, 2.24) is 31.5 Å². The molecule has 1 heterocycles. The van der Waals surface area contributed by atoms with Gasteiger partial charge in [-0.25, -0.2) is 0 Å². The molecule has 0 saturated carbocycles. The van der Waals surface area contributed by atoms with Crippen molar-refractivity contribution < 1.29 is 38.7 Å². The zero-order valence-corrected chi connectivity index (χ0v) is 24.0. The zero-order valence-electron chi connectivity index (χ0n) is 24.0. The zero-order chi connectivity index (χ0) is 30.8. The van der Waals surface area contributed by atoms with E-state index >= 15 is 0 Å². The third-order valence-electron chi connectivity index (χ3n) is 5.24.